The van der Waals surface area contributed by atoms with E-state index in [1.54, 1.807) is 39.2 Å². The van der Waals surface area contributed by atoms with Crippen LogP contribution in [0, 0.1) is 0 Å². The minimum Gasteiger partial charge on any atom is -0.497 e. The van der Waals surface area contributed by atoms with Crippen molar-refractivity contribution >= 4 is 29.1 Å². The fourth-order valence-corrected chi connectivity index (χ4v) is 4.36. The van der Waals surface area contributed by atoms with Crippen molar-refractivity contribution < 1.29 is 18.7 Å². The van der Waals surface area contributed by atoms with E-state index >= 15 is 0 Å². The molecule has 0 fully saturated rings. The Morgan fingerprint density at radius 2 is 2.07 bits per heavy atom. The van der Waals surface area contributed by atoms with Crippen LogP contribution in [0.4, 0.5) is 0 Å². The van der Waals surface area contributed by atoms with E-state index in [-0.39, 0.29) is 12.2 Å². The molecule has 0 spiro atoms. The lowest BCUT2D eigenvalue weighted by Gasteiger charge is -2.20. The number of fused-ring (bicyclic) bond motifs is 1. The van der Waals surface area contributed by atoms with Crippen LogP contribution in [-0.4, -0.2) is 24.3 Å². The van der Waals surface area contributed by atoms with Crippen molar-refractivity contribution in [2.45, 2.75) is 19.9 Å². The van der Waals surface area contributed by atoms with Gasteiger partial charge < -0.3 is 13.9 Å². The molecule has 0 radical (unpaired) electrons. The molecule has 0 N–H and O–H groups in total. The van der Waals surface area contributed by atoms with E-state index in [1.165, 1.54) is 22.2 Å². The van der Waals surface area contributed by atoms with E-state index in [0.717, 1.165) is 11.3 Å². The summed E-state index contributed by atoms with van der Waals surface area (Å²) >= 11 is 1.27. The van der Waals surface area contributed by atoms with Crippen LogP contribution < -0.4 is 19.6 Å². The van der Waals surface area contributed by atoms with Gasteiger partial charge in [0.1, 0.15) is 17.6 Å². The zero-order valence-electron chi connectivity index (χ0n) is 16.7. The lowest BCUT2D eigenvalue weighted by molar-refractivity contribution is -0.138. The molecule has 3 aromatic rings. The molecule has 1 aliphatic rings. The highest BCUT2D eigenvalue weighted by Crippen LogP contribution is 2.32. The lowest BCUT2D eigenvalue weighted by Crippen LogP contribution is -2.35. The van der Waals surface area contributed by atoms with Gasteiger partial charge in [0.2, 0.25) is 0 Å². The highest BCUT2D eigenvalue weighted by molar-refractivity contribution is 7.07. The Labute approximate surface area is 176 Å². The van der Waals surface area contributed by atoms with Crippen LogP contribution >= 0.6 is 11.3 Å². The molecule has 30 heavy (non-hydrogen) atoms. The van der Waals surface area contributed by atoms with Gasteiger partial charge in [0.15, 0.2) is 4.80 Å². The third-order valence-electron chi connectivity index (χ3n) is 4.77. The number of thiazole rings is 1. The first-order valence-electron chi connectivity index (χ1n) is 9.40. The van der Waals surface area contributed by atoms with E-state index in [4.69, 9.17) is 13.9 Å². The standard InChI is InChI=1S/C22H20N2O5S/c1-4-28-21(26)18-13(2)24-20(25)17(12-14-7-9-15(27-3)10-8-14)30-22(24)23-19(18)16-6-5-11-29-16/h5-12,19H,4H2,1-3H3/b17-12-/t19-/m1/s1. The molecular formula is C22H20N2O5S. The molecule has 0 bridgehead atoms. The number of carbonyl (C=O) groups excluding carboxylic acids is 1. The second kappa shape index (κ2) is 8.16. The minimum absolute atomic E-state index is 0.225. The predicted octanol–water partition coefficient (Wildman–Crippen LogP) is 2.51. The third-order valence-corrected chi connectivity index (χ3v) is 5.75. The summed E-state index contributed by atoms with van der Waals surface area (Å²) in [4.78, 5) is 31.0. The average Bonchev–Trinajstić information content (AvgIpc) is 3.37. The number of aromatic nitrogens is 1. The molecule has 1 aromatic carbocycles. The Hall–Kier alpha value is -3.39. The fraction of sp³-hybridized carbons (Fsp3) is 0.227. The van der Waals surface area contributed by atoms with Gasteiger partial charge in [-0.1, -0.05) is 23.5 Å². The molecule has 1 aliphatic heterocycles. The van der Waals surface area contributed by atoms with Gasteiger partial charge in [-0.3, -0.25) is 9.36 Å². The molecular weight excluding hydrogens is 404 g/mol. The van der Waals surface area contributed by atoms with Gasteiger partial charge in [0, 0.05) is 5.70 Å². The number of benzene rings is 1. The maximum Gasteiger partial charge on any atom is 0.338 e. The molecule has 0 saturated carbocycles. The van der Waals surface area contributed by atoms with E-state index in [0.29, 0.717) is 26.4 Å². The highest BCUT2D eigenvalue weighted by Gasteiger charge is 2.32. The molecule has 0 saturated heterocycles. The first kappa shape index (κ1) is 19.9. The topological polar surface area (TPSA) is 83.0 Å². The van der Waals surface area contributed by atoms with Crippen molar-refractivity contribution in [2.24, 2.45) is 4.99 Å². The number of ether oxygens (including phenoxy) is 2. The van der Waals surface area contributed by atoms with Crippen molar-refractivity contribution in [3.05, 3.63) is 79.2 Å². The molecule has 2 aromatic heterocycles. The van der Waals surface area contributed by atoms with Crippen LogP contribution in [0.25, 0.3) is 11.8 Å². The van der Waals surface area contributed by atoms with Gasteiger partial charge in [-0.25, -0.2) is 9.79 Å². The molecule has 154 valence electrons. The molecule has 1 atom stereocenters. The molecule has 0 aliphatic carbocycles. The molecule has 0 unspecified atom stereocenters. The Balaban J connectivity index is 1.90. The Morgan fingerprint density at radius 1 is 1.30 bits per heavy atom. The van der Waals surface area contributed by atoms with Gasteiger partial charge in [-0.15, -0.1) is 0 Å². The summed E-state index contributed by atoms with van der Waals surface area (Å²) in [5.74, 6) is 0.748. The summed E-state index contributed by atoms with van der Waals surface area (Å²) in [5, 5.41) is 0. The van der Waals surface area contributed by atoms with Crippen LogP contribution in [0.2, 0.25) is 0 Å². The normalized spacial score (nSPS) is 16.2. The van der Waals surface area contributed by atoms with Crippen LogP contribution in [0.15, 0.2) is 62.4 Å². The quantitative estimate of drug-likeness (QED) is 0.588. The van der Waals surface area contributed by atoms with Gasteiger partial charge in [-0.2, -0.15) is 0 Å². The SMILES string of the molecule is CCOC(=O)C1=C(C)n2c(s/c(=C\c3ccc(OC)cc3)c2=O)=N[C@@H]1c1ccco1. The number of carbonyl (C=O) groups is 1. The van der Waals surface area contributed by atoms with Crippen molar-refractivity contribution in [3.8, 4) is 5.75 Å². The molecule has 8 heteroatoms. The van der Waals surface area contributed by atoms with Crippen LogP contribution in [0.3, 0.4) is 0 Å². The van der Waals surface area contributed by atoms with E-state index < -0.39 is 12.0 Å². The zero-order chi connectivity index (χ0) is 21.3. The smallest absolute Gasteiger partial charge is 0.338 e. The molecule has 7 nitrogen and oxygen atoms in total. The number of furan rings is 1. The predicted molar refractivity (Wildman–Crippen MR) is 113 cm³/mol. The summed E-state index contributed by atoms with van der Waals surface area (Å²) < 4.78 is 17.9. The number of hydrogen-bond donors (Lipinski definition) is 0. The maximum absolute atomic E-state index is 13.1. The van der Waals surface area contributed by atoms with E-state index in [9.17, 15) is 9.59 Å². The molecule has 4 rings (SSSR count). The number of methoxy groups -OCH3 is 1. The van der Waals surface area contributed by atoms with Gasteiger partial charge in [0.25, 0.3) is 5.56 Å². The number of allylic oxidation sites excluding steroid dienone is 1. The summed E-state index contributed by atoms with van der Waals surface area (Å²) in [5.41, 5.74) is 1.43. The third kappa shape index (κ3) is 3.50. The number of nitrogens with zero attached hydrogens (tertiary/aromatic N) is 2. The van der Waals surface area contributed by atoms with Crippen LogP contribution in [0.5, 0.6) is 5.75 Å². The van der Waals surface area contributed by atoms with E-state index in [1.807, 2.05) is 24.3 Å². The van der Waals surface area contributed by atoms with Crippen molar-refractivity contribution in [1.29, 1.82) is 0 Å². The Morgan fingerprint density at radius 3 is 2.70 bits per heavy atom. The van der Waals surface area contributed by atoms with Crippen molar-refractivity contribution in [2.75, 3.05) is 13.7 Å². The van der Waals surface area contributed by atoms with Crippen molar-refractivity contribution in [3.63, 3.8) is 0 Å². The van der Waals surface area contributed by atoms with Gasteiger partial charge in [-0.05, 0) is 49.8 Å². The number of rotatable bonds is 5. The minimum atomic E-state index is -0.661. The molecule has 3 heterocycles. The van der Waals surface area contributed by atoms with E-state index in [2.05, 4.69) is 4.99 Å². The number of hydrogen-bond acceptors (Lipinski definition) is 7. The largest absolute Gasteiger partial charge is 0.497 e. The lowest BCUT2D eigenvalue weighted by atomic mass is 10.0. The summed E-state index contributed by atoms with van der Waals surface area (Å²) in [6.07, 6.45) is 3.33. The second-order valence-corrected chi connectivity index (χ2v) is 7.58. The van der Waals surface area contributed by atoms with Crippen LogP contribution in [0.1, 0.15) is 31.2 Å². The second-order valence-electron chi connectivity index (χ2n) is 6.57. The summed E-state index contributed by atoms with van der Waals surface area (Å²) in [6.45, 7) is 3.69. The monoisotopic (exact) mass is 424 g/mol. The average molecular weight is 424 g/mol. The highest BCUT2D eigenvalue weighted by atomic mass is 32.1. The maximum atomic E-state index is 13.1. The summed E-state index contributed by atoms with van der Waals surface area (Å²) in [6, 6.07) is 10.2. The first-order chi connectivity index (χ1) is 14.5. The van der Waals surface area contributed by atoms with Gasteiger partial charge >= 0.3 is 5.97 Å². The first-order valence-corrected chi connectivity index (χ1v) is 10.2. The Kier molecular flexibility index (Phi) is 5.41. The van der Waals surface area contributed by atoms with Crippen LogP contribution in [-0.2, 0) is 9.53 Å². The van der Waals surface area contributed by atoms with Crippen molar-refractivity contribution in [1.82, 2.24) is 4.57 Å². The fourth-order valence-electron chi connectivity index (χ4n) is 3.32. The summed E-state index contributed by atoms with van der Waals surface area (Å²) in [7, 11) is 1.60. The van der Waals surface area contributed by atoms with Gasteiger partial charge in [0.05, 0.1) is 30.1 Å². The zero-order valence-corrected chi connectivity index (χ0v) is 17.6. The Bertz CT molecular complexity index is 1280. The number of esters is 1. The molecule has 0 amide bonds.